The molecule has 2 atom stereocenters. The third kappa shape index (κ3) is 3.60. The van der Waals surface area contributed by atoms with Gasteiger partial charge in [-0.2, -0.15) is 0 Å². The maximum atomic E-state index is 11.8. The number of para-hydroxylation sites is 1. The fourth-order valence-electron chi connectivity index (χ4n) is 3.78. The van der Waals surface area contributed by atoms with Crippen LogP contribution in [-0.4, -0.2) is 50.5 Å². The molecule has 0 saturated carbocycles. The van der Waals surface area contributed by atoms with Crippen LogP contribution >= 0.6 is 0 Å². The number of benzene rings is 1. The summed E-state index contributed by atoms with van der Waals surface area (Å²) in [6.07, 6.45) is 0.524. The average molecular weight is 371 g/mol. The highest BCUT2D eigenvalue weighted by Gasteiger charge is 2.48. The van der Waals surface area contributed by atoms with Crippen molar-refractivity contribution in [1.29, 1.82) is 0 Å². The zero-order valence-corrected chi connectivity index (χ0v) is 15.6. The van der Waals surface area contributed by atoms with Gasteiger partial charge in [0.05, 0.1) is 17.1 Å². The number of β-amino-alcohol motifs (C(OH)–C–C–N with tert-alkyl or cyclic N) is 1. The molecule has 1 fully saturated rings. The number of anilines is 1. The minimum Gasteiger partial charge on any atom is -0.507 e. The molecule has 144 valence electrons. The lowest BCUT2D eigenvalue weighted by Crippen LogP contribution is -2.55. The summed E-state index contributed by atoms with van der Waals surface area (Å²) in [6.45, 7) is 4.45. The molecule has 0 amide bonds. The van der Waals surface area contributed by atoms with Crippen LogP contribution in [0.25, 0.3) is 11.4 Å². The number of aliphatic hydroxyl groups is 1. The second kappa shape index (κ2) is 7.52. The van der Waals surface area contributed by atoms with E-state index in [9.17, 15) is 20.1 Å². The second-order valence-corrected chi connectivity index (χ2v) is 7.13. The minimum absolute atomic E-state index is 0.0977. The van der Waals surface area contributed by atoms with Crippen molar-refractivity contribution >= 4 is 11.8 Å². The summed E-state index contributed by atoms with van der Waals surface area (Å²) in [5.41, 5.74) is 0.163. The van der Waals surface area contributed by atoms with Gasteiger partial charge in [-0.1, -0.05) is 25.5 Å². The van der Waals surface area contributed by atoms with Gasteiger partial charge in [0.25, 0.3) is 0 Å². The fourth-order valence-corrected chi connectivity index (χ4v) is 3.78. The van der Waals surface area contributed by atoms with E-state index in [1.54, 1.807) is 24.3 Å². The predicted molar refractivity (Wildman–Crippen MR) is 102 cm³/mol. The molecule has 3 rings (SSSR count). The van der Waals surface area contributed by atoms with Crippen molar-refractivity contribution in [2.75, 3.05) is 18.0 Å². The number of phenolic OH excluding ortho intramolecular Hbond substituents is 1. The van der Waals surface area contributed by atoms with Crippen LogP contribution in [0.4, 0.5) is 5.82 Å². The van der Waals surface area contributed by atoms with E-state index in [0.717, 1.165) is 5.69 Å². The van der Waals surface area contributed by atoms with Crippen molar-refractivity contribution in [3.63, 3.8) is 0 Å². The number of carbonyl (C=O) groups is 1. The maximum absolute atomic E-state index is 11.8. The summed E-state index contributed by atoms with van der Waals surface area (Å²) in [5.74, 6) is 0.183. The van der Waals surface area contributed by atoms with E-state index in [1.807, 2.05) is 24.8 Å². The Bertz CT molecular complexity index is 842. The van der Waals surface area contributed by atoms with Crippen LogP contribution in [-0.2, 0) is 4.79 Å². The lowest BCUT2D eigenvalue weighted by atomic mass is 9.73. The number of hydrogen-bond donors (Lipinski definition) is 3. The number of aromatic hydroxyl groups is 1. The summed E-state index contributed by atoms with van der Waals surface area (Å²) >= 11 is 0. The first-order valence-electron chi connectivity index (χ1n) is 9.18. The van der Waals surface area contributed by atoms with E-state index in [2.05, 4.69) is 9.97 Å². The molecule has 0 unspecified atom stereocenters. The smallest absolute Gasteiger partial charge is 0.312 e. The molecule has 1 aromatic carbocycles. The number of nitrogens with zero attached hydrogens (tertiary/aromatic N) is 3. The largest absolute Gasteiger partial charge is 0.507 e. The van der Waals surface area contributed by atoms with Crippen molar-refractivity contribution < 1.29 is 20.1 Å². The summed E-state index contributed by atoms with van der Waals surface area (Å²) < 4.78 is 0. The number of carboxylic acid groups (broad SMARTS) is 1. The van der Waals surface area contributed by atoms with Gasteiger partial charge < -0.3 is 20.2 Å². The number of aromatic nitrogens is 2. The van der Waals surface area contributed by atoms with E-state index in [4.69, 9.17) is 0 Å². The van der Waals surface area contributed by atoms with E-state index in [-0.39, 0.29) is 12.3 Å². The van der Waals surface area contributed by atoms with Crippen molar-refractivity contribution in [3.8, 4) is 17.1 Å². The van der Waals surface area contributed by atoms with Crippen molar-refractivity contribution in [3.05, 3.63) is 36.0 Å². The third-order valence-corrected chi connectivity index (χ3v) is 5.29. The summed E-state index contributed by atoms with van der Waals surface area (Å²) in [6, 6.07) is 8.67. The van der Waals surface area contributed by atoms with Crippen molar-refractivity contribution in [1.82, 2.24) is 9.97 Å². The molecule has 1 saturated heterocycles. The molecule has 27 heavy (non-hydrogen) atoms. The Morgan fingerprint density at radius 2 is 2.07 bits per heavy atom. The number of carboxylic acids is 1. The molecule has 3 N–H and O–H groups in total. The van der Waals surface area contributed by atoms with Gasteiger partial charge in [0.15, 0.2) is 5.82 Å². The molecule has 2 heterocycles. The molecule has 0 bridgehead atoms. The Morgan fingerprint density at radius 3 is 2.70 bits per heavy atom. The van der Waals surface area contributed by atoms with E-state index >= 15 is 0 Å². The molecule has 2 aromatic rings. The molecule has 0 spiro atoms. The Balaban J connectivity index is 1.90. The lowest BCUT2D eigenvalue weighted by molar-refractivity contribution is -0.159. The molecule has 1 aliphatic rings. The van der Waals surface area contributed by atoms with E-state index in [0.29, 0.717) is 43.0 Å². The molecule has 1 aromatic heterocycles. The maximum Gasteiger partial charge on any atom is 0.312 e. The SMILES string of the molecule is CCC[C@]1(C(=O)O)CCN(c2cc(C)nc(-c3ccccc3O)n2)C[C@@H]1O. The first kappa shape index (κ1) is 19.1. The Labute approximate surface area is 158 Å². The zero-order chi connectivity index (χ0) is 19.6. The van der Waals surface area contributed by atoms with Gasteiger partial charge in [-0.25, -0.2) is 9.97 Å². The highest BCUT2D eigenvalue weighted by molar-refractivity contribution is 5.76. The van der Waals surface area contributed by atoms with Gasteiger partial charge in [0, 0.05) is 24.8 Å². The Morgan fingerprint density at radius 1 is 1.33 bits per heavy atom. The number of piperidine rings is 1. The highest BCUT2D eigenvalue weighted by atomic mass is 16.4. The molecule has 7 heteroatoms. The third-order valence-electron chi connectivity index (χ3n) is 5.29. The van der Waals surface area contributed by atoms with Gasteiger partial charge in [0.2, 0.25) is 0 Å². The fraction of sp³-hybridized carbons (Fsp3) is 0.450. The number of aryl methyl sites for hydroxylation is 1. The number of aliphatic carboxylic acids is 1. The standard InChI is InChI=1S/C20H25N3O4/c1-3-8-20(19(26)27)9-10-23(12-16(20)25)17-11-13(2)21-18(22-17)14-6-4-5-7-15(14)24/h4-7,11,16,24-25H,3,8-10,12H2,1-2H3,(H,26,27)/t16-,20-/m0/s1. The quantitative estimate of drug-likeness (QED) is 0.741. The second-order valence-electron chi connectivity index (χ2n) is 7.13. The van der Waals surface area contributed by atoms with Gasteiger partial charge in [-0.05, 0) is 31.9 Å². The molecular weight excluding hydrogens is 346 g/mol. The van der Waals surface area contributed by atoms with Gasteiger partial charge in [-0.3, -0.25) is 4.79 Å². The molecule has 7 nitrogen and oxygen atoms in total. The minimum atomic E-state index is -1.10. The first-order chi connectivity index (χ1) is 12.9. The summed E-state index contributed by atoms with van der Waals surface area (Å²) in [4.78, 5) is 22.7. The highest BCUT2D eigenvalue weighted by Crippen LogP contribution is 2.38. The van der Waals surface area contributed by atoms with Crippen molar-refractivity contribution in [2.24, 2.45) is 5.41 Å². The number of hydrogen-bond acceptors (Lipinski definition) is 6. The summed E-state index contributed by atoms with van der Waals surface area (Å²) in [7, 11) is 0. The molecule has 0 radical (unpaired) electrons. The van der Waals surface area contributed by atoms with Crippen LogP contribution < -0.4 is 4.90 Å². The average Bonchev–Trinajstić information content (AvgIpc) is 2.63. The molecule has 1 aliphatic heterocycles. The Kier molecular flexibility index (Phi) is 5.32. The van der Waals surface area contributed by atoms with Gasteiger partial charge in [0.1, 0.15) is 11.6 Å². The van der Waals surface area contributed by atoms with Crippen LogP contribution in [0.2, 0.25) is 0 Å². The number of aliphatic hydroxyl groups excluding tert-OH is 1. The predicted octanol–water partition coefficient (Wildman–Crippen LogP) is 2.60. The topological polar surface area (TPSA) is 107 Å². The Hall–Kier alpha value is -2.67. The first-order valence-corrected chi connectivity index (χ1v) is 9.18. The van der Waals surface area contributed by atoms with Crippen LogP contribution in [0.3, 0.4) is 0 Å². The van der Waals surface area contributed by atoms with Crippen LogP contribution in [0.5, 0.6) is 5.75 Å². The molecule has 0 aliphatic carbocycles. The lowest BCUT2D eigenvalue weighted by Gasteiger charge is -2.43. The van der Waals surface area contributed by atoms with E-state index < -0.39 is 17.5 Å². The summed E-state index contributed by atoms with van der Waals surface area (Å²) in [5, 5.41) is 30.4. The number of rotatable bonds is 5. The molecular formula is C20H25N3O4. The zero-order valence-electron chi connectivity index (χ0n) is 15.6. The van der Waals surface area contributed by atoms with Crippen LogP contribution in [0.15, 0.2) is 30.3 Å². The van der Waals surface area contributed by atoms with Crippen LogP contribution in [0, 0.1) is 12.3 Å². The van der Waals surface area contributed by atoms with E-state index in [1.165, 1.54) is 0 Å². The normalized spacial score (nSPS) is 22.6. The van der Waals surface area contributed by atoms with Crippen LogP contribution in [0.1, 0.15) is 31.9 Å². The monoisotopic (exact) mass is 371 g/mol. The van der Waals surface area contributed by atoms with Crippen molar-refractivity contribution in [2.45, 2.75) is 39.2 Å². The number of phenols is 1. The van der Waals surface area contributed by atoms with Gasteiger partial charge in [-0.15, -0.1) is 0 Å². The van der Waals surface area contributed by atoms with Gasteiger partial charge >= 0.3 is 5.97 Å².